The number of hydrogen-bond acceptors (Lipinski definition) is 2. The van der Waals surface area contributed by atoms with Crippen LogP contribution in [0.15, 0.2) is 22.7 Å². The third kappa shape index (κ3) is 2.28. The largest absolute Gasteiger partial charge is 0.337 e. The summed E-state index contributed by atoms with van der Waals surface area (Å²) in [6.07, 6.45) is 0.902. The van der Waals surface area contributed by atoms with Gasteiger partial charge in [0.2, 0.25) is 0 Å². The van der Waals surface area contributed by atoms with E-state index in [1.807, 2.05) is 30.0 Å². The fourth-order valence-corrected chi connectivity index (χ4v) is 2.33. The number of halogens is 1. The van der Waals surface area contributed by atoms with Crippen molar-refractivity contribution in [2.24, 2.45) is 5.73 Å². The average Bonchev–Trinajstić information content (AvgIpc) is 2.67. The fraction of sp³-hybridized carbons (Fsp3) is 0.417. The van der Waals surface area contributed by atoms with Gasteiger partial charge in [-0.1, -0.05) is 22.0 Å². The number of nitrogens with zero attached hydrogens (tertiary/aromatic N) is 1. The van der Waals surface area contributed by atoms with E-state index in [-0.39, 0.29) is 11.9 Å². The Kier molecular flexibility index (Phi) is 3.30. The Morgan fingerprint density at radius 3 is 2.94 bits per heavy atom. The molecule has 4 heteroatoms. The summed E-state index contributed by atoms with van der Waals surface area (Å²) >= 11 is 3.39. The maximum Gasteiger partial charge on any atom is 0.254 e. The molecule has 0 unspecified atom stereocenters. The minimum Gasteiger partial charge on any atom is -0.337 e. The topological polar surface area (TPSA) is 46.3 Å². The number of nitrogens with two attached hydrogens (primary N) is 1. The van der Waals surface area contributed by atoms with Crippen LogP contribution in [-0.4, -0.2) is 29.9 Å². The number of benzene rings is 1. The van der Waals surface area contributed by atoms with Crippen molar-refractivity contribution < 1.29 is 4.79 Å². The molecule has 1 aromatic carbocycles. The van der Waals surface area contributed by atoms with Crippen molar-refractivity contribution in [1.29, 1.82) is 0 Å². The number of carbonyl (C=O) groups is 1. The Hall–Kier alpha value is -0.870. The van der Waals surface area contributed by atoms with Gasteiger partial charge in [-0.05, 0) is 31.0 Å². The SMILES string of the molecule is Cc1ccc(Br)cc1C(=O)N1CC[C@H](N)C1. The number of carbonyl (C=O) groups excluding carboxylic acids is 1. The lowest BCUT2D eigenvalue weighted by molar-refractivity contribution is 0.0790. The molecule has 1 aromatic rings. The predicted octanol–water partition coefficient (Wildman–Crippen LogP) is 1.93. The van der Waals surface area contributed by atoms with Crippen molar-refractivity contribution in [3.05, 3.63) is 33.8 Å². The van der Waals surface area contributed by atoms with Crippen LogP contribution in [0.3, 0.4) is 0 Å². The van der Waals surface area contributed by atoms with Crippen molar-refractivity contribution in [1.82, 2.24) is 4.90 Å². The van der Waals surface area contributed by atoms with Gasteiger partial charge in [-0.15, -0.1) is 0 Å². The van der Waals surface area contributed by atoms with Crippen LogP contribution in [0.2, 0.25) is 0 Å². The lowest BCUT2D eigenvalue weighted by Crippen LogP contribution is -2.32. The van der Waals surface area contributed by atoms with Gasteiger partial charge in [0.25, 0.3) is 5.91 Å². The quantitative estimate of drug-likeness (QED) is 0.856. The average molecular weight is 283 g/mol. The molecule has 0 spiro atoms. The summed E-state index contributed by atoms with van der Waals surface area (Å²) < 4.78 is 0.935. The number of aryl methyl sites for hydroxylation is 1. The number of amides is 1. The molecular formula is C12H15BrN2O. The molecule has 1 atom stereocenters. The van der Waals surface area contributed by atoms with Gasteiger partial charge in [0.05, 0.1) is 0 Å². The molecule has 86 valence electrons. The highest BCUT2D eigenvalue weighted by Gasteiger charge is 2.25. The Balaban J connectivity index is 2.23. The first-order valence-electron chi connectivity index (χ1n) is 5.39. The smallest absolute Gasteiger partial charge is 0.254 e. The van der Waals surface area contributed by atoms with Crippen LogP contribution in [0.5, 0.6) is 0 Å². The van der Waals surface area contributed by atoms with E-state index in [1.54, 1.807) is 0 Å². The van der Waals surface area contributed by atoms with Gasteiger partial charge in [-0.25, -0.2) is 0 Å². The van der Waals surface area contributed by atoms with Crippen LogP contribution in [-0.2, 0) is 0 Å². The maximum atomic E-state index is 12.2. The second kappa shape index (κ2) is 4.55. The Morgan fingerprint density at radius 1 is 1.56 bits per heavy atom. The third-order valence-corrected chi connectivity index (χ3v) is 3.44. The normalized spacial score (nSPS) is 20.2. The maximum absolute atomic E-state index is 12.2. The molecule has 1 aliphatic rings. The van der Waals surface area contributed by atoms with Gasteiger partial charge in [-0.3, -0.25) is 4.79 Å². The molecule has 0 saturated carbocycles. The Morgan fingerprint density at radius 2 is 2.31 bits per heavy atom. The molecule has 0 bridgehead atoms. The van der Waals surface area contributed by atoms with E-state index in [0.717, 1.165) is 28.6 Å². The number of rotatable bonds is 1. The van der Waals surface area contributed by atoms with Crippen LogP contribution in [0, 0.1) is 6.92 Å². The first kappa shape index (κ1) is 11.6. The first-order chi connectivity index (χ1) is 7.58. The van der Waals surface area contributed by atoms with E-state index in [4.69, 9.17) is 5.73 Å². The van der Waals surface area contributed by atoms with Crippen LogP contribution in [0.1, 0.15) is 22.3 Å². The van der Waals surface area contributed by atoms with E-state index in [9.17, 15) is 4.79 Å². The lowest BCUT2D eigenvalue weighted by atomic mass is 10.1. The van der Waals surface area contributed by atoms with Crippen molar-refractivity contribution in [3.8, 4) is 0 Å². The highest BCUT2D eigenvalue weighted by Crippen LogP contribution is 2.19. The van der Waals surface area contributed by atoms with E-state index in [2.05, 4.69) is 15.9 Å². The fourth-order valence-electron chi connectivity index (χ4n) is 1.97. The summed E-state index contributed by atoms with van der Waals surface area (Å²) in [7, 11) is 0. The van der Waals surface area contributed by atoms with Crippen molar-refractivity contribution >= 4 is 21.8 Å². The summed E-state index contributed by atoms with van der Waals surface area (Å²) in [6.45, 7) is 3.40. The number of hydrogen-bond donors (Lipinski definition) is 1. The summed E-state index contributed by atoms with van der Waals surface area (Å²) in [5.74, 6) is 0.0896. The van der Waals surface area contributed by atoms with E-state index in [0.29, 0.717) is 6.54 Å². The van der Waals surface area contributed by atoms with Crippen LogP contribution >= 0.6 is 15.9 Å². The minimum atomic E-state index is 0.0896. The second-order valence-electron chi connectivity index (χ2n) is 4.26. The van der Waals surface area contributed by atoms with E-state index >= 15 is 0 Å². The summed E-state index contributed by atoms with van der Waals surface area (Å²) in [5, 5.41) is 0. The van der Waals surface area contributed by atoms with E-state index in [1.165, 1.54) is 0 Å². The van der Waals surface area contributed by atoms with Gasteiger partial charge in [-0.2, -0.15) is 0 Å². The lowest BCUT2D eigenvalue weighted by Gasteiger charge is -2.17. The zero-order chi connectivity index (χ0) is 11.7. The highest BCUT2D eigenvalue weighted by atomic mass is 79.9. The third-order valence-electron chi connectivity index (χ3n) is 2.94. The van der Waals surface area contributed by atoms with Gasteiger partial charge < -0.3 is 10.6 Å². The Bertz CT molecular complexity index is 419. The monoisotopic (exact) mass is 282 g/mol. The molecule has 3 nitrogen and oxygen atoms in total. The molecule has 1 aliphatic heterocycles. The van der Waals surface area contributed by atoms with Crippen molar-refractivity contribution in [2.75, 3.05) is 13.1 Å². The Labute approximate surface area is 104 Å². The number of likely N-dealkylation sites (tertiary alicyclic amines) is 1. The van der Waals surface area contributed by atoms with Crippen molar-refractivity contribution in [2.45, 2.75) is 19.4 Å². The molecule has 2 rings (SSSR count). The standard InChI is InChI=1S/C12H15BrN2O/c1-8-2-3-9(13)6-11(8)12(16)15-5-4-10(14)7-15/h2-3,6,10H,4-5,7,14H2,1H3/t10-/m0/s1. The van der Waals surface area contributed by atoms with Gasteiger partial charge in [0, 0.05) is 29.2 Å². The molecule has 16 heavy (non-hydrogen) atoms. The van der Waals surface area contributed by atoms with Gasteiger partial charge >= 0.3 is 0 Å². The second-order valence-corrected chi connectivity index (χ2v) is 5.17. The molecule has 0 aliphatic carbocycles. The van der Waals surface area contributed by atoms with E-state index < -0.39 is 0 Å². The minimum absolute atomic E-state index is 0.0896. The zero-order valence-electron chi connectivity index (χ0n) is 9.24. The molecule has 2 N–H and O–H groups in total. The molecule has 1 fully saturated rings. The summed E-state index contributed by atoms with van der Waals surface area (Å²) in [6, 6.07) is 5.91. The zero-order valence-corrected chi connectivity index (χ0v) is 10.8. The molecular weight excluding hydrogens is 268 g/mol. The summed E-state index contributed by atoms with van der Waals surface area (Å²) in [5.41, 5.74) is 7.58. The highest BCUT2D eigenvalue weighted by molar-refractivity contribution is 9.10. The van der Waals surface area contributed by atoms with Crippen LogP contribution in [0.25, 0.3) is 0 Å². The van der Waals surface area contributed by atoms with Crippen LogP contribution in [0.4, 0.5) is 0 Å². The molecule has 1 saturated heterocycles. The predicted molar refractivity (Wildman–Crippen MR) is 67.4 cm³/mol. The van der Waals surface area contributed by atoms with Gasteiger partial charge in [0.1, 0.15) is 0 Å². The van der Waals surface area contributed by atoms with Crippen LogP contribution < -0.4 is 5.73 Å². The van der Waals surface area contributed by atoms with Crippen molar-refractivity contribution in [3.63, 3.8) is 0 Å². The van der Waals surface area contributed by atoms with Gasteiger partial charge in [0.15, 0.2) is 0 Å². The first-order valence-corrected chi connectivity index (χ1v) is 6.18. The molecule has 0 radical (unpaired) electrons. The molecule has 0 aromatic heterocycles. The molecule has 1 amide bonds. The molecule has 1 heterocycles. The summed E-state index contributed by atoms with van der Waals surface area (Å²) in [4.78, 5) is 14.0.